The first-order valence-electron chi connectivity index (χ1n) is 5.90. The Hall–Kier alpha value is -1.89. The van der Waals surface area contributed by atoms with Gasteiger partial charge >= 0.3 is 5.97 Å². The van der Waals surface area contributed by atoms with E-state index in [-0.39, 0.29) is 0 Å². The Kier molecular flexibility index (Phi) is 4.16. The van der Waals surface area contributed by atoms with Crippen molar-refractivity contribution in [1.29, 1.82) is 0 Å². The smallest absolute Gasteiger partial charge is 0.358 e. The van der Waals surface area contributed by atoms with E-state index in [1.807, 2.05) is 13.8 Å². The average Bonchev–Trinajstić information content (AvgIpc) is 2.93. The molecule has 0 saturated heterocycles. The highest BCUT2D eigenvalue weighted by atomic mass is 32.1. The molecule has 7 heteroatoms. The summed E-state index contributed by atoms with van der Waals surface area (Å²) in [4.78, 5) is 20.7. The van der Waals surface area contributed by atoms with E-state index in [1.165, 1.54) is 11.3 Å². The molecule has 0 unspecified atom stereocenters. The number of anilines is 1. The Morgan fingerprint density at radius 2 is 2.32 bits per heavy atom. The Labute approximate surface area is 114 Å². The van der Waals surface area contributed by atoms with Crippen LogP contribution in [-0.4, -0.2) is 22.5 Å². The molecule has 2 rings (SSSR count). The fourth-order valence-corrected chi connectivity index (χ4v) is 2.29. The number of hydrogen-bond donors (Lipinski definition) is 1. The minimum Gasteiger partial charge on any atom is -0.461 e. The summed E-state index contributed by atoms with van der Waals surface area (Å²) >= 11 is 1.40. The molecule has 0 fully saturated rings. The van der Waals surface area contributed by atoms with Gasteiger partial charge in [0.15, 0.2) is 10.8 Å². The van der Waals surface area contributed by atoms with Gasteiger partial charge in [-0.15, -0.1) is 11.3 Å². The van der Waals surface area contributed by atoms with Crippen molar-refractivity contribution in [2.75, 3.05) is 11.9 Å². The lowest BCUT2D eigenvalue weighted by molar-refractivity contribution is 0.0519. The predicted octanol–water partition coefficient (Wildman–Crippen LogP) is 2.54. The maximum atomic E-state index is 11.6. The summed E-state index contributed by atoms with van der Waals surface area (Å²) < 4.78 is 10.3. The fourth-order valence-electron chi connectivity index (χ4n) is 1.50. The van der Waals surface area contributed by atoms with Gasteiger partial charge in [-0.3, -0.25) is 0 Å². The van der Waals surface area contributed by atoms with Crippen LogP contribution in [0.3, 0.4) is 0 Å². The van der Waals surface area contributed by atoms with E-state index in [0.717, 1.165) is 10.6 Å². The highest BCUT2D eigenvalue weighted by Gasteiger charge is 2.16. The molecular weight excluding hydrogens is 266 g/mol. The number of aryl methyl sites for hydroxylation is 2. The maximum absolute atomic E-state index is 11.6. The third kappa shape index (κ3) is 3.31. The topological polar surface area (TPSA) is 77.2 Å². The molecule has 0 aliphatic heterocycles. The van der Waals surface area contributed by atoms with Gasteiger partial charge in [-0.05, 0) is 20.8 Å². The second-order valence-corrected chi connectivity index (χ2v) is 5.07. The lowest BCUT2D eigenvalue weighted by Crippen LogP contribution is -2.07. The van der Waals surface area contributed by atoms with Gasteiger partial charge in [-0.2, -0.15) is 0 Å². The van der Waals surface area contributed by atoms with Crippen LogP contribution in [0.5, 0.6) is 0 Å². The van der Waals surface area contributed by atoms with Gasteiger partial charge in [0.2, 0.25) is 5.89 Å². The van der Waals surface area contributed by atoms with Gasteiger partial charge in [0.1, 0.15) is 5.76 Å². The molecule has 0 atom stereocenters. The fraction of sp³-hybridized carbons (Fsp3) is 0.417. The van der Waals surface area contributed by atoms with E-state index in [4.69, 9.17) is 9.15 Å². The highest BCUT2D eigenvalue weighted by Crippen LogP contribution is 2.23. The third-order valence-corrected chi connectivity index (χ3v) is 3.25. The number of ether oxygens (including phenoxy) is 1. The van der Waals surface area contributed by atoms with Crippen LogP contribution in [0.15, 0.2) is 10.6 Å². The number of hydrogen-bond acceptors (Lipinski definition) is 7. The number of carbonyl (C=O) groups is 1. The van der Waals surface area contributed by atoms with Crippen LogP contribution >= 0.6 is 11.3 Å². The molecule has 2 aromatic heterocycles. The van der Waals surface area contributed by atoms with Crippen molar-refractivity contribution < 1.29 is 13.9 Å². The second-order valence-electron chi connectivity index (χ2n) is 3.86. The van der Waals surface area contributed by atoms with E-state index in [0.29, 0.717) is 29.9 Å². The van der Waals surface area contributed by atoms with Crippen LogP contribution in [0.4, 0.5) is 5.13 Å². The predicted molar refractivity (Wildman–Crippen MR) is 71.4 cm³/mol. The van der Waals surface area contributed by atoms with E-state index < -0.39 is 5.97 Å². The Balaban J connectivity index is 2.01. The van der Waals surface area contributed by atoms with Crippen LogP contribution in [0.1, 0.15) is 33.9 Å². The zero-order chi connectivity index (χ0) is 13.8. The largest absolute Gasteiger partial charge is 0.461 e. The third-order valence-electron chi connectivity index (χ3n) is 2.33. The number of aromatic nitrogens is 2. The van der Waals surface area contributed by atoms with Crippen molar-refractivity contribution in [3.63, 3.8) is 0 Å². The molecule has 0 aromatic carbocycles. The number of nitrogens with one attached hydrogen (secondary N) is 1. The van der Waals surface area contributed by atoms with Crippen LogP contribution in [0, 0.1) is 13.8 Å². The van der Waals surface area contributed by atoms with E-state index >= 15 is 0 Å². The highest BCUT2D eigenvalue weighted by molar-refractivity contribution is 7.15. The van der Waals surface area contributed by atoms with Gasteiger partial charge < -0.3 is 14.5 Å². The normalized spacial score (nSPS) is 10.5. The zero-order valence-electron chi connectivity index (χ0n) is 11.0. The number of thiazole rings is 1. The SMILES string of the molecule is CCOC(=O)c1nc(NCc2ncc(C)o2)sc1C. The number of esters is 1. The number of rotatable bonds is 5. The number of carbonyl (C=O) groups excluding carboxylic acids is 1. The van der Waals surface area contributed by atoms with Gasteiger partial charge in [-0.1, -0.05) is 0 Å². The molecule has 0 saturated carbocycles. The summed E-state index contributed by atoms with van der Waals surface area (Å²) in [5, 5.41) is 3.73. The van der Waals surface area contributed by atoms with E-state index in [1.54, 1.807) is 13.1 Å². The molecule has 2 aromatic rings. The summed E-state index contributed by atoms with van der Waals surface area (Å²) in [7, 11) is 0. The standard InChI is InChI=1S/C12H15N3O3S/c1-4-17-11(16)10-8(3)19-12(15-10)14-6-9-13-5-7(2)18-9/h5H,4,6H2,1-3H3,(H,14,15). The molecule has 0 radical (unpaired) electrons. The average molecular weight is 281 g/mol. The van der Waals surface area contributed by atoms with Crippen molar-refractivity contribution in [3.05, 3.63) is 28.4 Å². The van der Waals surface area contributed by atoms with Crippen molar-refractivity contribution in [2.24, 2.45) is 0 Å². The first-order chi connectivity index (χ1) is 9.10. The number of oxazole rings is 1. The summed E-state index contributed by atoms with van der Waals surface area (Å²) in [6, 6.07) is 0. The van der Waals surface area contributed by atoms with Gasteiger partial charge in [0, 0.05) is 4.88 Å². The van der Waals surface area contributed by atoms with Crippen LogP contribution in [0.2, 0.25) is 0 Å². The number of nitrogens with zero attached hydrogens (tertiary/aromatic N) is 2. The molecule has 0 aliphatic carbocycles. The quantitative estimate of drug-likeness (QED) is 0.849. The molecule has 0 spiro atoms. The molecule has 6 nitrogen and oxygen atoms in total. The molecule has 0 amide bonds. The molecule has 0 aliphatic rings. The van der Waals surface area contributed by atoms with Gasteiger partial charge in [0.25, 0.3) is 0 Å². The van der Waals surface area contributed by atoms with Crippen molar-refractivity contribution in [3.8, 4) is 0 Å². The Bertz CT molecular complexity index is 577. The minimum absolute atomic E-state index is 0.341. The molecule has 1 N–H and O–H groups in total. The summed E-state index contributed by atoms with van der Waals surface area (Å²) in [6.45, 7) is 6.22. The van der Waals surface area contributed by atoms with E-state index in [9.17, 15) is 4.79 Å². The second kappa shape index (κ2) is 5.83. The lowest BCUT2D eigenvalue weighted by atomic mass is 10.4. The first kappa shape index (κ1) is 13.5. The molecule has 102 valence electrons. The van der Waals surface area contributed by atoms with Crippen molar-refractivity contribution >= 4 is 22.4 Å². The van der Waals surface area contributed by atoms with Crippen LogP contribution < -0.4 is 5.32 Å². The van der Waals surface area contributed by atoms with Crippen molar-refractivity contribution in [1.82, 2.24) is 9.97 Å². The lowest BCUT2D eigenvalue weighted by Gasteiger charge is -1.98. The van der Waals surface area contributed by atoms with Gasteiger partial charge in [0.05, 0.1) is 19.3 Å². The zero-order valence-corrected chi connectivity index (χ0v) is 11.8. The van der Waals surface area contributed by atoms with Crippen molar-refractivity contribution in [2.45, 2.75) is 27.3 Å². The summed E-state index contributed by atoms with van der Waals surface area (Å²) in [6.07, 6.45) is 1.66. The molecule has 19 heavy (non-hydrogen) atoms. The van der Waals surface area contributed by atoms with Crippen LogP contribution in [-0.2, 0) is 11.3 Å². The molecule has 0 bridgehead atoms. The minimum atomic E-state index is -0.392. The monoisotopic (exact) mass is 281 g/mol. The van der Waals surface area contributed by atoms with Crippen LogP contribution in [0.25, 0.3) is 0 Å². The van der Waals surface area contributed by atoms with E-state index in [2.05, 4.69) is 15.3 Å². The molecule has 2 heterocycles. The summed E-state index contributed by atoms with van der Waals surface area (Å²) in [5.41, 5.74) is 0.359. The van der Waals surface area contributed by atoms with Gasteiger partial charge in [-0.25, -0.2) is 14.8 Å². The summed E-state index contributed by atoms with van der Waals surface area (Å²) in [5.74, 6) is 0.957. The first-order valence-corrected chi connectivity index (χ1v) is 6.71. The Morgan fingerprint density at radius 3 is 2.95 bits per heavy atom. The molecular formula is C12H15N3O3S. The Morgan fingerprint density at radius 1 is 1.53 bits per heavy atom. The maximum Gasteiger partial charge on any atom is 0.358 e.